The van der Waals surface area contributed by atoms with Gasteiger partial charge in [-0.25, -0.2) is 0 Å². The maximum atomic E-state index is 11.6. The third kappa shape index (κ3) is 4.70. The summed E-state index contributed by atoms with van der Waals surface area (Å²) in [6.07, 6.45) is -1.00. The van der Waals surface area contributed by atoms with Gasteiger partial charge in [0.05, 0.1) is 12.7 Å². The first kappa shape index (κ1) is 16.4. The van der Waals surface area contributed by atoms with Gasteiger partial charge in [-0.15, -0.1) is 12.4 Å². The van der Waals surface area contributed by atoms with E-state index in [9.17, 15) is 9.59 Å². The Hall–Kier alpha value is -1.63. The molecule has 0 aromatic heterocycles. The Labute approximate surface area is 110 Å². The summed E-state index contributed by atoms with van der Waals surface area (Å²) in [4.78, 5) is 22.5. The van der Waals surface area contributed by atoms with Gasteiger partial charge in [0.25, 0.3) is 5.91 Å². The fourth-order valence-electron chi connectivity index (χ4n) is 1.19. The SMILES string of the molecule is Cl.NC(=O)c1cccc(C(=O)NCC(O)CO)c1. The van der Waals surface area contributed by atoms with Gasteiger partial charge < -0.3 is 21.3 Å². The second-order valence-corrected chi connectivity index (χ2v) is 3.49. The number of carbonyl (C=O) groups excluding carboxylic acids is 2. The lowest BCUT2D eigenvalue weighted by Gasteiger charge is -2.09. The van der Waals surface area contributed by atoms with Crippen molar-refractivity contribution in [1.29, 1.82) is 0 Å². The highest BCUT2D eigenvalue weighted by Gasteiger charge is 2.09. The van der Waals surface area contributed by atoms with E-state index in [1.54, 1.807) is 0 Å². The average Bonchev–Trinajstić information content (AvgIpc) is 2.35. The zero-order valence-electron chi connectivity index (χ0n) is 9.50. The normalized spacial score (nSPS) is 11.2. The monoisotopic (exact) mass is 274 g/mol. The lowest BCUT2D eigenvalue weighted by atomic mass is 10.1. The van der Waals surface area contributed by atoms with Crippen LogP contribution in [0.25, 0.3) is 0 Å². The number of carbonyl (C=O) groups is 2. The van der Waals surface area contributed by atoms with E-state index in [1.807, 2.05) is 0 Å². The number of hydrogen-bond acceptors (Lipinski definition) is 4. The van der Waals surface area contributed by atoms with Gasteiger partial charge >= 0.3 is 0 Å². The zero-order valence-corrected chi connectivity index (χ0v) is 10.3. The molecule has 0 spiro atoms. The molecule has 1 aromatic rings. The fourth-order valence-corrected chi connectivity index (χ4v) is 1.19. The summed E-state index contributed by atoms with van der Waals surface area (Å²) in [5.41, 5.74) is 5.59. The number of nitrogens with one attached hydrogen (secondary N) is 1. The lowest BCUT2D eigenvalue weighted by molar-refractivity contribution is 0.0802. The summed E-state index contributed by atoms with van der Waals surface area (Å²) in [5.74, 6) is -1.06. The second-order valence-electron chi connectivity index (χ2n) is 3.49. The van der Waals surface area contributed by atoms with Crippen LogP contribution in [0.4, 0.5) is 0 Å². The van der Waals surface area contributed by atoms with Gasteiger partial charge in [-0.3, -0.25) is 9.59 Å². The Morgan fingerprint density at radius 2 is 1.94 bits per heavy atom. The molecule has 5 N–H and O–H groups in total. The molecular formula is C11H15ClN2O4. The minimum atomic E-state index is -1.00. The van der Waals surface area contributed by atoms with Crippen molar-refractivity contribution in [2.24, 2.45) is 5.73 Å². The van der Waals surface area contributed by atoms with E-state index in [2.05, 4.69) is 5.32 Å². The van der Waals surface area contributed by atoms with Crippen molar-refractivity contribution >= 4 is 24.2 Å². The van der Waals surface area contributed by atoms with Gasteiger partial charge in [-0.05, 0) is 18.2 Å². The van der Waals surface area contributed by atoms with Crippen LogP contribution in [0.5, 0.6) is 0 Å². The van der Waals surface area contributed by atoms with Gasteiger partial charge in [0.2, 0.25) is 5.91 Å². The van der Waals surface area contributed by atoms with E-state index in [0.717, 1.165) is 0 Å². The van der Waals surface area contributed by atoms with Crippen LogP contribution in [0.1, 0.15) is 20.7 Å². The Morgan fingerprint density at radius 1 is 1.33 bits per heavy atom. The fraction of sp³-hybridized carbons (Fsp3) is 0.273. The van der Waals surface area contributed by atoms with Crippen molar-refractivity contribution in [3.05, 3.63) is 35.4 Å². The van der Waals surface area contributed by atoms with Gasteiger partial charge in [0.1, 0.15) is 0 Å². The number of hydrogen-bond donors (Lipinski definition) is 4. The summed E-state index contributed by atoms with van der Waals surface area (Å²) < 4.78 is 0. The van der Waals surface area contributed by atoms with Crippen molar-refractivity contribution < 1.29 is 19.8 Å². The van der Waals surface area contributed by atoms with Gasteiger partial charge in [0.15, 0.2) is 0 Å². The molecule has 7 heteroatoms. The van der Waals surface area contributed by atoms with Crippen LogP contribution in [0.2, 0.25) is 0 Å². The van der Waals surface area contributed by atoms with Gasteiger partial charge in [0, 0.05) is 17.7 Å². The Bertz CT molecular complexity index is 425. The minimum Gasteiger partial charge on any atom is -0.394 e. The van der Waals surface area contributed by atoms with Crippen molar-refractivity contribution in [3.63, 3.8) is 0 Å². The summed E-state index contributed by atoms with van der Waals surface area (Å²) in [7, 11) is 0. The molecule has 1 unspecified atom stereocenters. The smallest absolute Gasteiger partial charge is 0.251 e. The van der Waals surface area contributed by atoms with Gasteiger partial charge in [-0.2, -0.15) is 0 Å². The van der Waals surface area contributed by atoms with E-state index in [0.29, 0.717) is 0 Å². The molecule has 0 aliphatic carbocycles. The number of halogens is 1. The summed E-state index contributed by atoms with van der Waals surface area (Å²) in [6, 6.07) is 5.93. The highest BCUT2D eigenvalue weighted by molar-refractivity contribution is 5.99. The first-order valence-electron chi connectivity index (χ1n) is 5.01. The second kappa shape index (κ2) is 7.65. The maximum absolute atomic E-state index is 11.6. The molecule has 0 aliphatic heterocycles. The molecule has 0 radical (unpaired) electrons. The highest BCUT2D eigenvalue weighted by atomic mass is 35.5. The van der Waals surface area contributed by atoms with E-state index in [4.69, 9.17) is 15.9 Å². The molecule has 18 heavy (non-hydrogen) atoms. The molecule has 0 saturated heterocycles. The van der Waals surface area contributed by atoms with Crippen molar-refractivity contribution in [2.45, 2.75) is 6.10 Å². The molecule has 1 aromatic carbocycles. The van der Waals surface area contributed by atoms with E-state index in [-0.39, 0.29) is 30.1 Å². The van der Waals surface area contributed by atoms with Crippen molar-refractivity contribution in [1.82, 2.24) is 5.32 Å². The molecule has 6 nitrogen and oxygen atoms in total. The van der Waals surface area contributed by atoms with Crippen LogP contribution in [0.15, 0.2) is 24.3 Å². The highest BCUT2D eigenvalue weighted by Crippen LogP contribution is 2.04. The Balaban J connectivity index is 0.00000289. The molecule has 0 saturated carbocycles. The first-order valence-corrected chi connectivity index (χ1v) is 5.01. The van der Waals surface area contributed by atoms with Crippen molar-refractivity contribution in [3.8, 4) is 0 Å². The van der Waals surface area contributed by atoms with E-state index in [1.165, 1.54) is 24.3 Å². The van der Waals surface area contributed by atoms with Crippen molar-refractivity contribution in [2.75, 3.05) is 13.2 Å². The molecule has 0 aliphatic rings. The van der Waals surface area contributed by atoms with E-state index >= 15 is 0 Å². The lowest BCUT2D eigenvalue weighted by Crippen LogP contribution is -2.34. The topological polar surface area (TPSA) is 113 Å². The number of aliphatic hydroxyl groups is 2. The average molecular weight is 275 g/mol. The van der Waals surface area contributed by atoms with Crippen LogP contribution in [0, 0.1) is 0 Å². The van der Waals surface area contributed by atoms with Crippen LogP contribution in [-0.2, 0) is 0 Å². The molecule has 100 valence electrons. The molecule has 1 rings (SSSR count). The molecule has 0 bridgehead atoms. The Morgan fingerprint density at radius 3 is 2.50 bits per heavy atom. The van der Waals surface area contributed by atoms with E-state index < -0.39 is 24.5 Å². The minimum absolute atomic E-state index is 0. The number of amides is 2. The molecular weight excluding hydrogens is 260 g/mol. The number of rotatable bonds is 5. The molecule has 0 fully saturated rings. The third-order valence-electron chi connectivity index (χ3n) is 2.12. The van der Waals surface area contributed by atoms with Crippen LogP contribution < -0.4 is 11.1 Å². The number of nitrogens with two attached hydrogens (primary N) is 1. The summed E-state index contributed by atoms with van der Waals surface area (Å²) in [5, 5.41) is 20.0. The van der Waals surface area contributed by atoms with Crippen LogP contribution >= 0.6 is 12.4 Å². The number of aliphatic hydroxyl groups excluding tert-OH is 2. The van der Waals surface area contributed by atoms with Gasteiger partial charge in [-0.1, -0.05) is 6.07 Å². The quantitative estimate of drug-likeness (QED) is 0.568. The molecule has 2 amide bonds. The zero-order chi connectivity index (χ0) is 12.8. The summed E-state index contributed by atoms with van der Waals surface area (Å²) in [6.45, 7) is -0.488. The predicted octanol–water partition coefficient (Wildman–Crippen LogP) is -0.710. The maximum Gasteiger partial charge on any atom is 0.251 e. The largest absolute Gasteiger partial charge is 0.394 e. The third-order valence-corrected chi connectivity index (χ3v) is 2.12. The van der Waals surface area contributed by atoms with Crippen LogP contribution in [0.3, 0.4) is 0 Å². The predicted molar refractivity (Wildman–Crippen MR) is 67.6 cm³/mol. The Kier molecular flexibility index (Phi) is 6.96. The standard InChI is InChI=1S/C11H14N2O4.ClH/c12-10(16)7-2-1-3-8(4-7)11(17)13-5-9(15)6-14;/h1-4,9,14-15H,5-6H2,(H2,12,16)(H,13,17);1H. The molecule has 0 heterocycles. The summed E-state index contributed by atoms with van der Waals surface area (Å²) >= 11 is 0. The number of benzene rings is 1. The first-order chi connectivity index (χ1) is 8.04. The van der Waals surface area contributed by atoms with Crippen LogP contribution in [-0.4, -0.2) is 41.3 Å². The number of primary amides is 1. The molecule has 1 atom stereocenters.